The molecule has 0 aliphatic rings. The number of esters is 1. The predicted octanol–water partition coefficient (Wildman–Crippen LogP) is 20.9. The van der Waals surface area contributed by atoms with Crippen molar-refractivity contribution in [2.75, 3.05) is 13.2 Å². The summed E-state index contributed by atoms with van der Waals surface area (Å²) in [5.74, 6) is -0.0592. The maximum atomic E-state index is 12.4. The van der Waals surface area contributed by atoms with Gasteiger partial charge in [-0.2, -0.15) is 0 Å². The Hall–Kier alpha value is -2.18. The lowest BCUT2D eigenvalue weighted by Crippen LogP contribution is -2.45. The molecule has 0 aromatic carbocycles. The fourth-order valence-corrected chi connectivity index (χ4v) is 10.0. The third-order valence-corrected chi connectivity index (χ3v) is 15.1. The Balaban J connectivity index is 3.35. The summed E-state index contributed by atoms with van der Waals surface area (Å²) in [6.07, 6.45) is 81.8. The first kappa shape index (κ1) is 71.8. The molecule has 434 valence electrons. The van der Waals surface area contributed by atoms with Gasteiger partial charge in [-0.1, -0.05) is 294 Å². The molecule has 6 heteroatoms. The second kappa shape index (κ2) is 63.4. The van der Waals surface area contributed by atoms with Crippen molar-refractivity contribution in [3.05, 3.63) is 48.6 Å². The van der Waals surface area contributed by atoms with Crippen molar-refractivity contribution in [1.29, 1.82) is 0 Å². The Bertz CT molecular complexity index is 1240. The number of allylic oxidation sites excluding steroid dienone is 7. The van der Waals surface area contributed by atoms with Crippen LogP contribution in [0.3, 0.4) is 0 Å². The number of hydrogen-bond acceptors (Lipinski definition) is 5. The monoisotopic (exact) mass is 1040 g/mol. The van der Waals surface area contributed by atoms with Gasteiger partial charge in [0, 0.05) is 12.8 Å². The first-order chi connectivity index (χ1) is 36.5. The molecule has 2 atom stereocenters. The Morgan fingerprint density at radius 2 is 0.676 bits per heavy atom. The average molecular weight is 1040 g/mol. The normalized spacial score (nSPS) is 12.9. The zero-order valence-corrected chi connectivity index (χ0v) is 49.6. The van der Waals surface area contributed by atoms with Crippen molar-refractivity contribution in [2.24, 2.45) is 0 Å². The number of aliphatic hydroxyl groups is 2. The molecule has 0 heterocycles. The van der Waals surface area contributed by atoms with Gasteiger partial charge in [0.2, 0.25) is 5.91 Å². The molecule has 3 N–H and O–H groups in total. The number of amides is 1. The van der Waals surface area contributed by atoms with Gasteiger partial charge in [0.1, 0.15) is 0 Å². The number of rotatable bonds is 61. The van der Waals surface area contributed by atoms with Crippen molar-refractivity contribution >= 4 is 11.9 Å². The topological polar surface area (TPSA) is 95.9 Å². The highest BCUT2D eigenvalue weighted by Crippen LogP contribution is 2.17. The molecule has 0 saturated carbocycles. The zero-order chi connectivity index (χ0) is 53.6. The molecule has 1 amide bonds. The highest BCUT2D eigenvalue weighted by atomic mass is 16.5. The van der Waals surface area contributed by atoms with E-state index < -0.39 is 12.1 Å². The Labute approximate surface area is 461 Å². The quantitative estimate of drug-likeness (QED) is 0.0320. The molecule has 0 radical (unpaired) electrons. The lowest BCUT2D eigenvalue weighted by molar-refractivity contribution is -0.143. The van der Waals surface area contributed by atoms with Crippen LogP contribution in [0, 0.1) is 0 Å². The smallest absolute Gasteiger partial charge is 0.305 e. The van der Waals surface area contributed by atoms with Gasteiger partial charge >= 0.3 is 5.97 Å². The van der Waals surface area contributed by atoms with Crippen LogP contribution < -0.4 is 5.32 Å². The van der Waals surface area contributed by atoms with E-state index in [2.05, 4.69) is 55.6 Å². The van der Waals surface area contributed by atoms with Crippen LogP contribution in [0.25, 0.3) is 0 Å². The van der Waals surface area contributed by atoms with E-state index in [0.717, 1.165) is 51.4 Å². The first-order valence-corrected chi connectivity index (χ1v) is 32.9. The van der Waals surface area contributed by atoms with Crippen LogP contribution in [-0.4, -0.2) is 47.4 Å². The highest BCUT2D eigenvalue weighted by molar-refractivity contribution is 5.76. The van der Waals surface area contributed by atoms with Gasteiger partial charge in [-0.05, 0) is 89.9 Å². The maximum Gasteiger partial charge on any atom is 0.305 e. The van der Waals surface area contributed by atoms with Crippen LogP contribution in [0.5, 0.6) is 0 Å². The summed E-state index contributed by atoms with van der Waals surface area (Å²) in [5.41, 5.74) is 0. The minimum absolute atomic E-state index is 0.00877. The second-order valence-electron chi connectivity index (χ2n) is 22.4. The molecule has 0 rings (SSSR count). The minimum atomic E-state index is -0.842. The Morgan fingerprint density at radius 3 is 1.07 bits per heavy atom. The molecule has 0 spiro atoms. The molecule has 2 unspecified atom stereocenters. The number of unbranched alkanes of at least 4 members (excludes halogenated alkanes) is 44. The molecule has 6 nitrogen and oxygen atoms in total. The molecule has 0 aromatic heterocycles. The van der Waals surface area contributed by atoms with Crippen LogP contribution in [0.2, 0.25) is 0 Å². The lowest BCUT2D eigenvalue weighted by atomic mass is 10.0. The van der Waals surface area contributed by atoms with Crippen LogP contribution in [-0.2, 0) is 14.3 Å². The highest BCUT2D eigenvalue weighted by Gasteiger charge is 2.18. The number of aliphatic hydroxyl groups excluding tert-OH is 2. The number of ether oxygens (including phenoxy) is 1. The summed E-state index contributed by atoms with van der Waals surface area (Å²) in [5, 5.41) is 23.0. The standard InChI is InChI=1S/C68H127NO5/c1-3-5-7-9-11-13-15-16-17-32-36-39-42-46-50-54-58-62-68(73)74-63-59-55-51-47-43-40-37-34-31-29-27-25-23-21-19-18-20-22-24-26-28-30-33-35-38-41-45-49-53-57-61-67(72)69-65(64-70)66(71)60-56-52-48-44-14-12-10-8-6-4-2/h11,13,16-17,19,21,56,60,65-66,70-71H,3-10,12,14-15,18,20,22-55,57-59,61-64H2,1-2H3,(H,69,72)/b13-11-,17-16-,21-19-,60-56+. The van der Waals surface area contributed by atoms with E-state index in [0.29, 0.717) is 19.4 Å². The SMILES string of the molecule is CCCCC/C=C\C/C=C\CCCCCCCCCC(=O)OCCCCCCCCCCCCCC/C=C\CCCCCCCCCCCCCCCCC(=O)NC(CO)C(O)/C=C/CCCCCCCCCC. The summed E-state index contributed by atoms with van der Waals surface area (Å²) < 4.78 is 5.49. The molecule has 0 fully saturated rings. The van der Waals surface area contributed by atoms with E-state index >= 15 is 0 Å². The van der Waals surface area contributed by atoms with Crippen LogP contribution in [0.4, 0.5) is 0 Å². The third kappa shape index (κ3) is 59.1. The van der Waals surface area contributed by atoms with E-state index in [1.165, 1.54) is 270 Å². The van der Waals surface area contributed by atoms with Crippen molar-refractivity contribution in [1.82, 2.24) is 5.32 Å². The molecule has 0 aromatic rings. The molecule has 0 aliphatic carbocycles. The Morgan fingerprint density at radius 1 is 0.378 bits per heavy atom. The third-order valence-electron chi connectivity index (χ3n) is 15.1. The van der Waals surface area contributed by atoms with Crippen LogP contribution in [0.1, 0.15) is 348 Å². The lowest BCUT2D eigenvalue weighted by Gasteiger charge is -2.20. The number of hydrogen-bond donors (Lipinski definition) is 3. The fraction of sp³-hybridized carbons (Fsp3) is 0.853. The summed E-state index contributed by atoms with van der Waals surface area (Å²) in [6.45, 7) is 4.87. The summed E-state index contributed by atoms with van der Waals surface area (Å²) >= 11 is 0. The van der Waals surface area contributed by atoms with E-state index in [4.69, 9.17) is 4.74 Å². The van der Waals surface area contributed by atoms with E-state index in [9.17, 15) is 19.8 Å². The van der Waals surface area contributed by atoms with Gasteiger partial charge in [-0.3, -0.25) is 9.59 Å². The Kier molecular flexibility index (Phi) is 61.5. The predicted molar refractivity (Wildman–Crippen MR) is 324 cm³/mol. The van der Waals surface area contributed by atoms with Gasteiger partial charge in [-0.15, -0.1) is 0 Å². The minimum Gasteiger partial charge on any atom is -0.466 e. The van der Waals surface area contributed by atoms with Crippen molar-refractivity contribution < 1.29 is 24.5 Å². The number of carbonyl (C=O) groups excluding carboxylic acids is 2. The fourth-order valence-electron chi connectivity index (χ4n) is 10.0. The maximum absolute atomic E-state index is 12.4. The van der Waals surface area contributed by atoms with E-state index in [1.54, 1.807) is 6.08 Å². The first-order valence-electron chi connectivity index (χ1n) is 32.9. The van der Waals surface area contributed by atoms with Crippen molar-refractivity contribution in [2.45, 2.75) is 360 Å². The molecular formula is C68H127NO5. The molecule has 0 saturated heterocycles. The van der Waals surface area contributed by atoms with E-state index in [-0.39, 0.29) is 18.5 Å². The number of nitrogens with one attached hydrogen (secondary N) is 1. The summed E-state index contributed by atoms with van der Waals surface area (Å²) in [4.78, 5) is 24.5. The van der Waals surface area contributed by atoms with Crippen LogP contribution in [0.15, 0.2) is 48.6 Å². The van der Waals surface area contributed by atoms with Gasteiger partial charge in [0.15, 0.2) is 0 Å². The molecule has 74 heavy (non-hydrogen) atoms. The number of carbonyl (C=O) groups is 2. The van der Waals surface area contributed by atoms with Gasteiger partial charge < -0.3 is 20.3 Å². The van der Waals surface area contributed by atoms with Crippen LogP contribution >= 0.6 is 0 Å². The summed E-state index contributed by atoms with van der Waals surface area (Å²) in [6, 6.07) is -0.625. The zero-order valence-electron chi connectivity index (χ0n) is 49.6. The average Bonchev–Trinajstić information content (AvgIpc) is 3.40. The van der Waals surface area contributed by atoms with E-state index in [1.807, 2.05) is 6.08 Å². The molecule has 0 bridgehead atoms. The molecule has 0 aliphatic heterocycles. The van der Waals surface area contributed by atoms with Crippen molar-refractivity contribution in [3.63, 3.8) is 0 Å². The largest absolute Gasteiger partial charge is 0.466 e. The van der Waals surface area contributed by atoms with Crippen molar-refractivity contribution in [3.8, 4) is 0 Å². The van der Waals surface area contributed by atoms with Gasteiger partial charge in [0.25, 0.3) is 0 Å². The summed E-state index contributed by atoms with van der Waals surface area (Å²) in [7, 11) is 0. The second-order valence-corrected chi connectivity index (χ2v) is 22.4. The van der Waals surface area contributed by atoms with Gasteiger partial charge in [0.05, 0.1) is 25.4 Å². The van der Waals surface area contributed by atoms with Gasteiger partial charge in [-0.25, -0.2) is 0 Å². The molecular weight excluding hydrogens is 911 g/mol.